The molecule has 0 aliphatic heterocycles. The van der Waals surface area contributed by atoms with E-state index in [1.807, 2.05) is 6.92 Å². The van der Waals surface area contributed by atoms with Crippen LogP contribution in [-0.4, -0.2) is 5.25 Å². The smallest absolute Gasteiger partial charge is 0 e. The first-order valence-electron chi connectivity index (χ1n) is 2.01. The van der Waals surface area contributed by atoms with Crippen molar-refractivity contribution in [2.45, 2.75) is 19.1 Å². The summed E-state index contributed by atoms with van der Waals surface area (Å²) in [5.41, 5.74) is 0. The average molecular weight is 191 g/mol. The molecule has 0 aromatic rings. The van der Waals surface area contributed by atoms with Crippen molar-refractivity contribution in [3.05, 3.63) is 12.7 Å². The third-order valence-electron chi connectivity index (χ3n) is 0.732. The maximum absolute atomic E-state index is 3.64. The summed E-state index contributed by atoms with van der Waals surface area (Å²) >= 11 is 1.62. The molecule has 0 spiro atoms. The van der Waals surface area contributed by atoms with Crippen molar-refractivity contribution in [3.63, 3.8) is 0 Å². The van der Waals surface area contributed by atoms with Crippen molar-refractivity contribution in [1.29, 1.82) is 0 Å². The molecule has 1 unspecified atom stereocenters. The largest absolute Gasteiger partial charge is 0.383 e. The second-order valence-corrected chi connectivity index (χ2v) is 2.28. The molecule has 7 heavy (non-hydrogen) atoms. The minimum atomic E-state index is 0. The van der Waals surface area contributed by atoms with Gasteiger partial charge in [-0.1, -0.05) is 6.92 Å². The van der Waals surface area contributed by atoms with Crippen LogP contribution >= 0.6 is 11.8 Å². The van der Waals surface area contributed by atoms with E-state index in [1.54, 1.807) is 11.8 Å². The summed E-state index contributed by atoms with van der Waals surface area (Å²) < 4.78 is 0. The van der Waals surface area contributed by atoms with Crippen LogP contribution < -0.4 is 0 Å². The van der Waals surface area contributed by atoms with Gasteiger partial charge in [0.1, 0.15) is 0 Å². The molecule has 0 aliphatic rings. The monoisotopic (exact) mass is 191 g/mol. The molecule has 41 valence electrons. The zero-order valence-electron chi connectivity index (χ0n) is 4.85. The fourth-order valence-electron chi connectivity index (χ4n) is 0.0962. The molecule has 0 aromatic carbocycles. The van der Waals surface area contributed by atoms with Crippen molar-refractivity contribution >= 4 is 11.8 Å². The molecule has 0 N–H and O–H groups in total. The Labute approximate surface area is 75.7 Å². The third kappa shape index (κ3) is 7.45. The molecule has 0 bridgehead atoms. The predicted octanol–water partition coefficient (Wildman–Crippen LogP) is 2.12. The van der Waals surface area contributed by atoms with Gasteiger partial charge in [0.05, 0.1) is 0 Å². The van der Waals surface area contributed by atoms with Crippen LogP contribution in [-0.2, 0) is 32.7 Å². The molecule has 1 radical (unpaired) electrons. The summed E-state index contributed by atoms with van der Waals surface area (Å²) in [6.07, 6.45) is 5.76. The molecule has 0 heterocycles. The molecule has 1 atom stereocenters. The van der Waals surface area contributed by atoms with Crippen LogP contribution in [0.3, 0.4) is 0 Å². The number of rotatable bonds is 2. The quantitative estimate of drug-likeness (QED) is 0.602. The van der Waals surface area contributed by atoms with E-state index in [-0.39, 0.29) is 32.7 Å². The minimum Gasteiger partial charge on any atom is -0.383 e. The van der Waals surface area contributed by atoms with Gasteiger partial charge in [-0.2, -0.15) is 12.2 Å². The zero-order valence-corrected chi connectivity index (χ0v) is 8.50. The van der Waals surface area contributed by atoms with Crippen molar-refractivity contribution < 1.29 is 32.7 Å². The molecule has 2 heteroatoms. The molecule has 0 aromatic heterocycles. The van der Waals surface area contributed by atoms with Gasteiger partial charge in [0.25, 0.3) is 0 Å². The van der Waals surface area contributed by atoms with E-state index in [0.29, 0.717) is 5.25 Å². The van der Waals surface area contributed by atoms with Crippen LogP contribution in [0.1, 0.15) is 13.8 Å². The van der Waals surface area contributed by atoms with Gasteiger partial charge in [-0.05, 0) is 0 Å². The number of hydrogen-bond acceptors (Lipinski definition) is 1. The van der Waals surface area contributed by atoms with E-state index in [4.69, 9.17) is 0 Å². The second-order valence-electron chi connectivity index (χ2n) is 1.21. The van der Waals surface area contributed by atoms with Gasteiger partial charge in [0.2, 0.25) is 0 Å². The number of thioether (sulfide) groups is 1. The van der Waals surface area contributed by atoms with Gasteiger partial charge in [0, 0.05) is 32.7 Å². The summed E-state index contributed by atoms with van der Waals surface area (Å²) in [7, 11) is 0. The van der Waals surface area contributed by atoms with E-state index in [2.05, 4.69) is 19.6 Å². The summed E-state index contributed by atoms with van der Waals surface area (Å²) in [5.74, 6) is 0. The fraction of sp³-hybridized carbons (Fsp3) is 0.600. The molecule has 0 aliphatic carbocycles. The summed E-state index contributed by atoms with van der Waals surface area (Å²) in [5, 5.41) is 0.616. The molecule has 0 saturated carbocycles. The Bertz CT molecular complexity index is 27.3. The Kier molecular flexibility index (Phi) is 12.0. The van der Waals surface area contributed by atoms with Crippen LogP contribution in [0, 0.1) is 12.7 Å². The molecule has 0 nitrogen and oxygen atoms in total. The number of hydrogen-bond donors (Lipinski definition) is 0. The van der Waals surface area contributed by atoms with Crippen molar-refractivity contribution in [2.75, 3.05) is 0 Å². The van der Waals surface area contributed by atoms with E-state index >= 15 is 0 Å². The van der Waals surface area contributed by atoms with E-state index in [0.717, 1.165) is 0 Å². The second kappa shape index (κ2) is 7.45. The van der Waals surface area contributed by atoms with Gasteiger partial charge in [-0.15, -0.1) is 0 Å². The molecular formula is C5H10SY-2. The van der Waals surface area contributed by atoms with Crippen LogP contribution in [0.4, 0.5) is 0 Å². The van der Waals surface area contributed by atoms with Crippen LogP contribution in [0.5, 0.6) is 0 Å². The molecular weight excluding hydrogens is 181 g/mol. The SMILES string of the molecule is [CH2-]SC(C)[CH-]C.[Y]. The Hall–Kier alpha value is 1.45. The Balaban J connectivity index is 0. The Morgan fingerprint density at radius 1 is 1.71 bits per heavy atom. The predicted molar refractivity (Wildman–Crippen MR) is 32.4 cm³/mol. The first-order chi connectivity index (χ1) is 2.81. The normalized spacial score (nSPS) is 12.4. The first-order valence-corrected chi connectivity index (χ1v) is 3.06. The van der Waals surface area contributed by atoms with E-state index in [1.165, 1.54) is 0 Å². The van der Waals surface area contributed by atoms with Gasteiger partial charge >= 0.3 is 0 Å². The van der Waals surface area contributed by atoms with Gasteiger partial charge in [-0.3, -0.25) is 6.26 Å². The molecule has 0 fully saturated rings. The Morgan fingerprint density at radius 2 is 2.14 bits per heavy atom. The van der Waals surface area contributed by atoms with Crippen LogP contribution in [0.2, 0.25) is 0 Å². The van der Waals surface area contributed by atoms with Gasteiger partial charge in [-0.25, -0.2) is 0 Å². The van der Waals surface area contributed by atoms with Gasteiger partial charge in [0.15, 0.2) is 0 Å². The van der Waals surface area contributed by atoms with Crippen LogP contribution in [0.25, 0.3) is 0 Å². The van der Waals surface area contributed by atoms with E-state index in [9.17, 15) is 0 Å². The van der Waals surface area contributed by atoms with Crippen molar-refractivity contribution in [1.82, 2.24) is 0 Å². The van der Waals surface area contributed by atoms with Gasteiger partial charge < -0.3 is 18.2 Å². The first kappa shape index (κ1) is 11.3. The maximum Gasteiger partial charge on any atom is 0 e. The Morgan fingerprint density at radius 3 is 2.14 bits per heavy atom. The summed E-state index contributed by atoms with van der Waals surface area (Å²) in [4.78, 5) is 0. The molecule has 0 rings (SSSR count). The molecule has 0 saturated heterocycles. The average Bonchev–Trinajstić information content (AvgIpc) is 1.65. The third-order valence-corrected chi connectivity index (χ3v) is 1.53. The zero-order chi connectivity index (χ0) is 4.99. The van der Waals surface area contributed by atoms with Crippen molar-refractivity contribution in [2.24, 2.45) is 0 Å². The topological polar surface area (TPSA) is 0 Å². The molecule has 0 amide bonds. The maximum atomic E-state index is 3.64. The summed E-state index contributed by atoms with van der Waals surface area (Å²) in [6.45, 7) is 4.17. The van der Waals surface area contributed by atoms with E-state index < -0.39 is 0 Å². The van der Waals surface area contributed by atoms with Crippen molar-refractivity contribution in [3.8, 4) is 0 Å². The fourth-order valence-corrected chi connectivity index (χ4v) is 0.289. The summed E-state index contributed by atoms with van der Waals surface area (Å²) in [6, 6.07) is 0. The minimum absolute atomic E-state index is 0. The standard InChI is InChI=1S/C5H10S.Y/c1-4-5(2)6-3;/h4-5H,3H2,1-2H3;/q-2;. The van der Waals surface area contributed by atoms with Crippen LogP contribution in [0.15, 0.2) is 0 Å².